The Morgan fingerprint density at radius 3 is 2.81 bits per heavy atom. The minimum atomic E-state index is -0.337. The van der Waals surface area contributed by atoms with Crippen molar-refractivity contribution in [2.75, 3.05) is 0 Å². The molecule has 0 saturated carbocycles. The molecule has 0 amide bonds. The normalized spacial score (nSPS) is 12.9. The highest BCUT2D eigenvalue weighted by Crippen LogP contribution is 2.26. The summed E-state index contributed by atoms with van der Waals surface area (Å²) in [7, 11) is 0. The predicted octanol–water partition coefficient (Wildman–Crippen LogP) is 2.82. The molecule has 2 aromatic heterocycles. The molecule has 0 aliphatic heterocycles. The van der Waals surface area contributed by atoms with Crippen LogP contribution in [0.5, 0.6) is 0 Å². The van der Waals surface area contributed by atoms with E-state index in [0.717, 1.165) is 28.8 Å². The number of fused-ring (bicyclic) bond motifs is 1. The van der Waals surface area contributed by atoms with Crippen molar-refractivity contribution in [1.29, 1.82) is 0 Å². The third-order valence-corrected chi connectivity index (χ3v) is 3.80. The molecule has 1 atom stereocenters. The fourth-order valence-corrected chi connectivity index (χ4v) is 2.67. The Bertz CT molecular complexity index is 826. The van der Waals surface area contributed by atoms with Gasteiger partial charge in [0.15, 0.2) is 5.58 Å². The highest BCUT2D eigenvalue weighted by molar-refractivity contribution is 5.74. The number of aromatic nitrogens is 1. The summed E-state index contributed by atoms with van der Waals surface area (Å²) < 4.78 is 12.3. The number of nitrogens with two attached hydrogens (primary N) is 1. The molecule has 0 saturated heterocycles. The maximum absolute atomic E-state index is 11.7. The van der Waals surface area contributed by atoms with Gasteiger partial charge in [-0.1, -0.05) is 13.0 Å². The Kier molecular flexibility index (Phi) is 3.43. The Balaban J connectivity index is 2.07. The highest BCUT2D eigenvalue weighted by Gasteiger charge is 2.17. The minimum Gasteiger partial charge on any atom is -0.469 e. The molecular weight excluding hydrogens is 268 g/mol. The summed E-state index contributed by atoms with van der Waals surface area (Å²) in [6, 6.07) is 7.24. The third kappa shape index (κ3) is 2.19. The van der Waals surface area contributed by atoms with Crippen molar-refractivity contribution < 1.29 is 8.83 Å². The van der Waals surface area contributed by atoms with Gasteiger partial charge in [0.1, 0.15) is 5.76 Å². The van der Waals surface area contributed by atoms with Crippen LogP contribution in [0.3, 0.4) is 0 Å². The van der Waals surface area contributed by atoms with E-state index in [1.807, 2.05) is 38.1 Å². The number of oxazole rings is 1. The lowest BCUT2D eigenvalue weighted by molar-refractivity contribution is 0.508. The third-order valence-electron chi connectivity index (χ3n) is 3.80. The molecule has 5 heteroatoms. The van der Waals surface area contributed by atoms with E-state index >= 15 is 0 Å². The van der Waals surface area contributed by atoms with Gasteiger partial charge in [0.25, 0.3) is 0 Å². The summed E-state index contributed by atoms with van der Waals surface area (Å²) in [5.74, 6) is 0.547. The molecule has 2 N–H and O–H groups in total. The first-order chi connectivity index (χ1) is 10.2. The molecule has 3 aromatic rings. The zero-order chi connectivity index (χ0) is 15.0. The molecule has 2 heterocycles. The van der Waals surface area contributed by atoms with Crippen LogP contribution in [-0.2, 0) is 13.0 Å². The number of hydrogen-bond acceptors (Lipinski definition) is 4. The summed E-state index contributed by atoms with van der Waals surface area (Å²) in [5, 5.41) is 0. The average Bonchev–Trinajstić information content (AvgIpc) is 3.08. The van der Waals surface area contributed by atoms with Crippen LogP contribution in [0.1, 0.15) is 36.8 Å². The number of nitrogens with zero attached hydrogens (tertiary/aromatic N) is 1. The molecule has 110 valence electrons. The van der Waals surface area contributed by atoms with Gasteiger partial charge in [-0.15, -0.1) is 0 Å². The second-order valence-electron chi connectivity index (χ2n) is 4.97. The first kappa shape index (κ1) is 13.7. The van der Waals surface area contributed by atoms with Gasteiger partial charge in [0, 0.05) is 18.5 Å². The first-order valence-corrected chi connectivity index (χ1v) is 7.10. The van der Waals surface area contributed by atoms with Crippen molar-refractivity contribution in [2.45, 2.75) is 32.9 Å². The van der Waals surface area contributed by atoms with E-state index in [2.05, 4.69) is 0 Å². The minimum absolute atomic E-state index is 0.293. The Hall–Kier alpha value is -2.27. The van der Waals surface area contributed by atoms with Crippen LogP contribution in [0, 0.1) is 0 Å². The summed E-state index contributed by atoms with van der Waals surface area (Å²) in [6.45, 7) is 4.52. The maximum atomic E-state index is 11.7. The van der Waals surface area contributed by atoms with Gasteiger partial charge >= 0.3 is 5.76 Å². The first-order valence-electron chi connectivity index (χ1n) is 7.10. The number of benzene rings is 1. The van der Waals surface area contributed by atoms with Gasteiger partial charge < -0.3 is 14.6 Å². The van der Waals surface area contributed by atoms with Gasteiger partial charge in [-0.2, -0.15) is 0 Å². The summed E-state index contributed by atoms with van der Waals surface area (Å²) in [5.41, 5.74) is 9.54. The molecule has 0 fully saturated rings. The lowest BCUT2D eigenvalue weighted by Crippen LogP contribution is -2.13. The Morgan fingerprint density at radius 2 is 2.10 bits per heavy atom. The van der Waals surface area contributed by atoms with E-state index < -0.39 is 0 Å². The zero-order valence-corrected chi connectivity index (χ0v) is 12.1. The van der Waals surface area contributed by atoms with Crippen LogP contribution < -0.4 is 11.5 Å². The smallest absolute Gasteiger partial charge is 0.419 e. The lowest BCUT2D eigenvalue weighted by atomic mass is 9.99. The van der Waals surface area contributed by atoms with Gasteiger partial charge in [-0.05, 0) is 30.7 Å². The second-order valence-corrected chi connectivity index (χ2v) is 4.97. The zero-order valence-electron chi connectivity index (χ0n) is 12.1. The van der Waals surface area contributed by atoms with E-state index in [1.54, 1.807) is 10.8 Å². The Morgan fingerprint density at radius 1 is 1.29 bits per heavy atom. The molecule has 0 bridgehead atoms. The molecule has 21 heavy (non-hydrogen) atoms. The molecule has 0 aliphatic carbocycles. The van der Waals surface area contributed by atoms with E-state index in [0.29, 0.717) is 12.1 Å². The SMILES string of the molecule is CCc1occc1C(N)c1ccc2c(c1)oc(=O)n2CC. The monoisotopic (exact) mass is 286 g/mol. The van der Waals surface area contributed by atoms with Crippen LogP contribution >= 0.6 is 0 Å². The van der Waals surface area contributed by atoms with Gasteiger partial charge in [0.05, 0.1) is 17.8 Å². The fourth-order valence-electron chi connectivity index (χ4n) is 2.67. The maximum Gasteiger partial charge on any atom is 0.419 e. The molecule has 0 radical (unpaired) electrons. The quantitative estimate of drug-likeness (QED) is 0.800. The highest BCUT2D eigenvalue weighted by atomic mass is 16.4. The van der Waals surface area contributed by atoms with Crippen molar-refractivity contribution in [3.8, 4) is 0 Å². The van der Waals surface area contributed by atoms with Crippen LogP contribution in [0.2, 0.25) is 0 Å². The van der Waals surface area contributed by atoms with Crippen molar-refractivity contribution in [1.82, 2.24) is 4.57 Å². The standard InChI is InChI=1S/C16H18N2O3/c1-3-13-11(7-8-20-13)15(17)10-5-6-12-14(9-10)21-16(19)18(12)4-2/h5-9,15H,3-4,17H2,1-2H3. The van der Waals surface area contributed by atoms with Gasteiger partial charge in [-0.25, -0.2) is 4.79 Å². The molecule has 1 unspecified atom stereocenters. The van der Waals surface area contributed by atoms with Gasteiger partial charge in [-0.3, -0.25) is 4.57 Å². The van der Waals surface area contributed by atoms with Crippen LogP contribution in [0.25, 0.3) is 11.1 Å². The van der Waals surface area contributed by atoms with Crippen molar-refractivity contribution >= 4 is 11.1 Å². The topological polar surface area (TPSA) is 74.3 Å². The number of aryl methyl sites for hydroxylation is 2. The van der Waals surface area contributed by atoms with Crippen molar-refractivity contribution in [2.24, 2.45) is 5.73 Å². The predicted molar refractivity (Wildman–Crippen MR) is 80.3 cm³/mol. The molecule has 0 aliphatic rings. The molecule has 0 spiro atoms. The Labute approximate surface area is 122 Å². The fraction of sp³-hybridized carbons (Fsp3) is 0.312. The van der Waals surface area contributed by atoms with Crippen LogP contribution in [0.15, 0.2) is 44.2 Å². The molecule has 5 nitrogen and oxygen atoms in total. The van der Waals surface area contributed by atoms with E-state index in [1.165, 1.54) is 0 Å². The van der Waals surface area contributed by atoms with E-state index in [4.69, 9.17) is 14.6 Å². The number of rotatable bonds is 4. The summed E-state index contributed by atoms with van der Waals surface area (Å²) >= 11 is 0. The van der Waals surface area contributed by atoms with E-state index in [-0.39, 0.29) is 11.8 Å². The number of furan rings is 1. The summed E-state index contributed by atoms with van der Waals surface area (Å²) in [4.78, 5) is 11.7. The lowest BCUT2D eigenvalue weighted by Gasteiger charge is -2.11. The largest absolute Gasteiger partial charge is 0.469 e. The van der Waals surface area contributed by atoms with Crippen LogP contribution in [-0.4, -0.2) is 4.57 Å². The molecule has 1 aromatic carbocycles. The molecular formula is C16H18N2O3. The number of hydrogen-bond donors (Lipinski definition) is 1. The molecule has 3 rings (SSSR count). The van der Waals surface area contributed by atoms with Crippen LogP contribution in [0.4, 0.5) is 0 Å². The summed E-state index contributed by atoms with van der Waals surface area (Å²) in [6.07, 6.45) is 2.44. The van der Waals surface area contributed by atoms with Crippen molar-refractivity contribution in [3.63, 3.8) is 0 Å². The van der Waals surface area contributed by atoms with Gasteiger partial charge in [0.2, 0.25) is 0 Å². The second kappa shape index (κ2) is 5.26. The van der Waals surface area contributed by atoms with E-state index in [9.17, 15) is 4.79 Å². The average molecular weight is 286 g/mol. The van der Waals surface area contributed by atoms with Crippen molar-refractivity contribution in [3.05, 3.63) is 58.0 Å².